The molecule has 0 aliphatic carbocycles. The van der Waals surface area contributed by atoms with Crippen molar-refractivity contribution in [2.45, 2.75) is 26.4 Å². The maximum absolute atomic E-state index is 9.10. The van der Waals surface area contributed by atoms with Crippen molar-refractivity contribution in [3.63, 3.8) is 0 Å². The number of hydrogen-bond donors (Lipinski definition) is 2. The van der Waals surface area contributed by atoms with Crippen LogP contribution < -0.4 is 15.2 Å². The normalized spacial score (nSPS) is 10.7. The summed E-state index contributed by atoms with van der Waals surface area (Å²) in [5.41, 5.74) is 7.42. The predicted molar refractivity (Wildman–Crippen MR) is 83.9 cm³/mol. The number of nitrogens with two attached hydrogens (primary N) is 1. The lowest BCUT2D eigenvalue weighted by Crippen LogP contribution is -2.06. The van der Waals surface area contributed by atoms with Crippen LogP contribution in [0.25, 0.3) is 0 Å². The van der Waals surface area contributed by atoms with Crippen molar-refractivity contribution in [3.8, 4) is 17.2 Å². The van der Waals surface area contributed by atoms with Crippen LogP contribution in [-0.4, -0.2) is 17.8 Å². The first kappa shape index (κ1) is 15.2. The van der Waals surface area contributed by atoms with E-state index in [1.807, 2.05) is 44.2 Å². The van der Waals surface area contributed by atoms with E-state index < -0.39 is 0 Å². The summed E-state index contributed by atoms with van der Waals surface area (Å²) in [6, 6.07) is 13.0. The van der Waals surface area contributed by atoms with Crippen LogP contribution in [0.2, 0.25) is 0 Å². The number of para-hydroxylation sites is 1. The van der Waals surface area contributed by atoms with Gasteiger partial charge >= 0.3 is 0 Å². The zero-order chi connectivity index (χ0) is 15.2. The maximum atomic E-state index is 9.10. The molecule has 0 fully saturated rings. The number of hydrogen-bond acceptors (Lipinski definition) is 4. The Labute approximate surface area is 125 Å². The third kappa shape index (κ3) is 4.39. The molecule has 0 aliphatic rings. The van der Waals surface area contributed by atoms with Crippen LogP contribution in [0.1, 0.15) is 19.4 Å². The molecule has 112 valence electrons. The largest absolute Gasteiger partial charge is 0.491 e. The smallest absolute Gasteiger partial charge is 0.133 e. The molecule has 4 nitrogen and oxygen atoms in total. The van der Waals surface area contributed by atoms with E-state index >= 15 is 0 Å². The Hall–Kier alpha value is -2.20. The van der Waals surface area contributed by atoms with E-state index in [0.717, 1.165) is 5.56 Å². The van der Waals surface area contributed by atoms with Crippen LogP contribution in [-0.2, 0) is 6.42 Å². The molecule has 2 aromatic carbocycles. The monoisotopic (exact) mass is 287 g/mol. The SMILES string of the molecule is CC(C)Oc1cc(N)cc(Oc2ccccc2CCO)c1. The van der Waals surface area contributed by atoms with Crippen LogP contribution in [0, 0.1) is 0 Å². The number of aliphatic hydroxyl groups excluding tert-OH is 1. The maximum Gasteiger partial charge on any atom is 0.133 e. The molecule has 21 heavy (non-hydrogen) atoms. The Morgan fingerprint density at radius 1 is 1.10 bits per heavy atom. The Balaban J connectivity index is 2.25. The van der Waals surface area contributed by atoms with Crippen LogP contribution in [0.5, 0.6) is 17.2 Å². The van der Waals surface area contributed by atoms with E-state index in [9.17, 15) is 0 Å². The summed E-state index contributed by atoms with van der Waals surface area (Å²) < 4.78 is 11.5. The highest BCUT2D eigenvalue weighted by Crippen LogP contribution is 2.31. The zero-order valence-electron chi connectivity index (χ0n) is 12.4. The Morgan fingerprint density at radius 3 is 2.52 bits per heavy atom. The van der Waals surface area contributed by atoms with Crippen molar-refractivity contribution in [1.29, 1.82) is 0 Å². The van der Waals surface area contributed by atoms with Crippen molar-refractivity contribution in [1.82, 2.24) is 0 Å². The minimum absolute atomic E-state index is 0.0707. The van der Waals surface area contributed by atoms with E-state index in [1.54, 1.807) is 12.1 Å². The van der Waals surface area contributed by atoms with E-state index in [0.29, 0.717) is 29.4 Å². The first-order chi connectivity index (χ1) is 10.1. The van der Waals surface area contributed by atoms with Gasteiger partial charge in [-0.25, -0.2) is 0 Å². The summed E-state index contributed by atoms with van der Waals surface area (Å²) in [6.07, 6.45) is 0.620. The third-order valence-electron chi connectivity index (χ3n) is 2.86. The molecular formula is C17H21NO3. The van der Waals surface area contributed by atoms with E-state index in [2.05, 4.69) is 0 Å². The number of anilines is 1. The molecule has 0 saturated carbocycles. The summed E-state index contributed by atoms with van der Waals surface area (Å²) in [5.74, 6) is 2.02. The Kier molecular flexibility index (Phi) is 5.06. The molecular weight excluding hydrogens is 266 g/mol. The van der Waals surface area contributed by atoms with Crippen LogP contribution in [0.15, 0.2) is 42.5 Å². The molecule has 0 amide bonds. The Bertz CT molecular complexity index is 596. The van der Waals surface area contributed by atoms with Gasteiger partial charge in [-0.1, -0.05) is 18.2 Å². The van der Waals surface area contributed by atoms with Gasteiger partial charge in [-0.15, -0.1) is 0 Å². The fraction of sp³-hybridized carbons (Fsp3) is 0.294. The van der Waals surface area contributed by atoms with Gasteiger partial charge in [0.25, 0.3) is 0 Å². The summed E-state index contributed by atoms with van der Waals surface area (Å²) in [7, 11) is 0. The first-order valence-corrected chi connectivity index (χ1v) is 7.02. The highest BCUT2D eigenvalue weighted by atomic mass is 16.5. The molecule has 0 aromatic heterocycles. The topological polar surface area (TPSA) is 64.7 Å². The van der Waals surface area contributed by atoms with E-state index in [-0.39, 0.29) is 12.7 Å². The van der Waals surface area contributed by atoms with Gasteiger partial charge in [0.1, 0.15) is 17.2 Å². The summed E-state index contributed by atoms with van der Waals surface area (Å²) >= 11 is 0. The number of aliphatic hydroxyl groups is 1. The second-order valence-electron chi connectivity index (χ2n) is 5.09. The first-order valence-electron chi connectivity index (χ1n) is 7.02. The highest BCUT2D eigenvalue weighted by Gasteiger charge is 2.07. The van der Waals surface area contributed by atoms with Crippen LogP contribution >= 0.6 is 0 Å². The standard InChI is InChI=1S/C17H21NO3/c1-12(2)20-15-9-14(18)10-16(11-15)21-17-6-4-3-5-13(17)7-8-19/h3-6,9-12,19H,7-8,18H2,1-2H3. The van der Waals surface area contributed by atoms with Gasteiger partial charge in [0.15, 0.2) is 0 Å². The van der Waals surface area contributed by atoms with E-state index in [1.165, 1.54) is 0 Å². The molecule has 0 bridgehead atoms. The second-order valence-corrected chi connectivity index (χ2v) is 5.09. The minimum Gasteiger partial charge on any atom is -0.491 e. The van der Waals surface area contributed by atoms with Gasteiger partial charge in [-0.2, -0.15) is 0 Å². The molecule has 4 heteroatoms. The van der Waals surface area contributed by atoms with Gasteiger partial charge < -0.3 is 20.3 Å². The van der Waals surface area contributed by atoms with Crippen LogP contribution in [0.3, 0.4) is 0 Å². The molecule has 0 saturated heterocycles. The fourth-order valence-corrected chi connectivity index (χ4v) is 2.05. The number of nitrogen functional groups attached to an aromatic ring is 1. The lowest BCUT2D eigenvalue weighted by Gasteiger charge is -2.14. The van der Waals surface area contributed by atoms with Crippen molar-refractivity contribution < 1.29 is 14.6 Å². The predicted octanol–water partition coefficient (Wildman–Crippen LogP) is 3.38. The highest BCUT2D eigenvalue weighted by molar-refractivity contribution is 5.52. The van der Waals surface area contributed by atoms with Crippen molar-refractivity contribution in [3.05, 3.63) is 48.0 Å². The average Bonchev–Trinajstić information content (AvgIpc) is 2.40. The van der Waals surface area contributed by atoms with Crippen molar-refractivity contribution >= 4 is 5.69 Å². The quantitative estimate of drug-likeness (QED) is 0.799. The van der Waals surface area contributed by atoms with Gasteiger partial charge in [0.2, 0.25) is 0 Å². The summed E-state index contributed by atoms with van der Waals surface area (Å²) in [4.78, 5) is 0. The average molecular weight is 287 g/mol. The molecule has 0 atom stereocenters. The van der Waals surface area contributed by atoms with Crippen molar-refractivity contribution in [2.24, 2.45) is 0 Å². The van der Waals surface area contributed by atoms with Gasteiger partial charge in [0, 0.05) is 30.5 Å². The molecule has 2 aromatic rings. The molecule has 0 aliphatic heterocycles. The van der Waals surface area contributed by atoms with Gasteiger partial charge in [-0.3, -0.25) is 0 Å². The molecule has 2 rings (SSSR count). The molecule has 3 N–H and O–H groups in total. The molecule has 0 heterocycles. The summed E-state index contributed by atoms with van der Waals surface area (Å²) in [5, 5.41) is 9.10. The molecule has 0 spiro atoms. The summed E-state index contributed by atoms with van der Waals surface area (Å²) in [6.45, 7) is 4.00. The van der Waals surface area contributed by atoms with Crippen molar-refractivity contribution in [2.75, 3.05) is 12.3 Å². The lowest BCUT2D eigenvalue weighted by molar-refractivity contribution is 0.241. The zero-order valence-corrected chi connectivity index (χ0v) is 12.4. The number of benzene rings is 2. The van der Waals surface area contributed by atoms with E-state index in [4.69, 9.17) is 20.3 Å². The Morgan fingerprint density at radius 2 is 1.81 bits per heavy atom. The molecule has 0 unspecified atom stereocenters. The minimum atomic E-state index is 0.0707. The van der Waals surface area contributed by atoms with Gasteiger partial charge in [0.05, 0.1) is 6.10 Å². The second kappa shape index (κ2) is 6.99. The lowest BCUT2D eigenvalue weighted by atomic mass is 10.1. The fourth-order valence-electron chi connectivity index (χ4n) is 2.05. The van der Waals surface area contributed by atoms with Crippen LogP contribution in [0.4, 0.5) is 5.69 Å². The molecule has 0 radical (unpaired) electrons. The third-order valence-corrected chi connectivity index (χ3v) is 2.86. The number of rotatable bonds is 6. The number of ether oxygens (including phenoxy) is 2. The van der Waals surface area contributed by atoms with Gasteiger partial charge in [-0.05, 0) is 31.9 Å².